The molecule has 0 saturated carbocycles. The molecule has 0 unspecified atom stereocenters. The number of benzene rings is 1. The van der Waals surface area contributed by atoms with Crippen LogP contribution in [0.2, 0.25) is 0 Å². The van der Waals surface area contributed by atoms with Gasteiger partial charge in [0.05, 0.1) is 23.3 Å². The number of amides is 2. The molecule has 0 aliphatic rings. The minimum atomic E-state index is -0.128. The highest BCUT2D eigenvalue weighted by molar-refractivity contribution is 7.09. The average Bonchev–Trinajstić information content (AvgIpc) is 2.91. The summed E-state index contributed by atoms with van der Waals surface area (Å²) in [6.45, 7) is 6.82. The molecule has 2 aromatic rings. The number of hydrogen-bond donors (Lipinski definition) is 1. The van der Waals surface area contributed by atoms with E-state index in [4.69, 9.17) is 4.74 Å². The van der Waals surface area contributed by atoms with Crippen LogP contribution in [0.5, 0.6) is 5.75 Å². The van der Waals surface area contributed by atoms with Gasteiger partial charge in [0.25, 0.3) is 0 Å². The molecule has 0 fully saturated rings. The van der Waals surface area contributed by atoms with Crippen LogP contribution in [0.1, 0.15) is 23.2 Å². The lowest BCUT2D eigenvalue weighted by Crippen LogP contribution is -2.43. The fourth-order valence-electron chi connectivity index (χ4n) is 2.09. The molecule has 1 atom stereocenters. The van der Waals surface area contributed by atoms with E-state index >= 15 is 0 Å². The van der Waals surface area contributed by atoms with Gasteiger partial charge in [-0.2, -0.15) is 0 Å². The van der Waals surface area contributed by atoms with E-state index in [1.54, 1.807) is 23.3 Å². The summed E-state index contributed by atoms with van der Waals surface area (Å²) in [4.78, 5) is 18.2. The van der Waals surface area contributed by atoms with Gasteiger partial charge in [-0.3, -0.25) is 0 Å². The molecule has 2 rings (SSSR count). The lowest BCUT2D eigenvalue weighted by molar-refractivity contribution is 0.195. The molecule has 0 aliphatic carbocycles. The Morgan fingerprint density at radius 1 is 1.39 bits per heavy atom. The summed E-state index contributed by atoms with van der Waals surface area (Å²) in [7, 11) is 1.76. The van der Waals surface area contributed by atoms with Crippen LogP contribution in [-0.2, 0) is 6.54 Å². The molecular weight excluding hydrogens is 310 g/mol. The molecular formula is C17H23N3O2S. The minimum absolute atomic E-state index is 0.0817. The number of rotatable bonds is 6. The lowest BCUT2D eigenvalue weighted by atomic mass is 10.2. The normalized spacial score (nSPS) is 11.8. The molecule has 6 heteroatoms. The molecule has 0 radical (unpaired) electrons. The quantitative estimate of drug-likeness (QED) is 0.882. The van der Waals surface area contributed by atoms with Crippen molar-refractivity contribution in [3.8, 4) is 5.75 Å². The van der Waals surface area contributed by atoms with Crippen LogP contribution in [0.4, 0.5) is 4.79 Å². The summed E-state index contributed by atoms with van der Waals surface area (Å²) in [5.41, 5.74) is 2.00. The molecule has 1 N–H and O–H groups in total. The Kier molecular flexibility index (Phi) is 5.98. The summed E-state index contributed by atoms with van der Waals surface area (Å²) >= 11 is 1.59. The molecule has 0 aliphatic heterocycles. The van der Waals surface area contributed by atoms with Gasteiger partial charge in [-0.15, -0.1) is 11.3 Å². The molecule has 0 spiro atoms. The van der Waals surface area contributed by atoms with E-state index in [0.717, 1.165) is 22.0 Å². The van der Waals surface area contributed by atoms with E-state index < -0.39 is 0 Å². The zero-order valence-electron chi connectivity index (χ0n) is 14.0. The molecule has 1 aromatic heterocycles. The van der Waals surface area contributed by atoms with Gasteiger partial charge in [-0.05, 0) is 32.4 Å². The van der Waals surface area contributed by atoms with Gasteiger partial charge in [0.1, 0.15) is 12.4 Å². The first-order valence-electron chi connectivity index (χ1n) is 7.56. The Bertz CT molecular complexity index is 657. The number of aryl methyl sites for hydroxylation is 2. The van der Waals surface area contributed by atoms with Crippen LogP contribution >= 0.6 is 11.3 Å². The molecule has 0 bridgehead atoms. The number of para-hydroxylation sites is 1. The monoisotopic (exact) mass is 333 g/mol. The van der Waals surface area contributed by atoms with Crippen LogP contribution < -0.4 is 10.1 Å². The van der Waals surface area contributed by atoms with Crippen molar-refractivity contribution in [3.05, 3.63) is 45.9 Å². The second-order valence-corrected chi connectivity index (χ2v) is 6.70. The Labute approximate surface area is 141 Å². The summed E-state index contributed by atoms with van der Waals surface area (Å²) in [5.74, 6) is 0.847. The highest BCUT2D eigenvalue weighted by Crippen LogP contribution is 2.16. The van der Waals surface area contributed by atoms with Crippen molar-refractivity contribution in [2.45, 2.75) is 33.4 Å². The topological polar surface area (TPSA) is 54.5 Å². The molecule has 5 nitrogen and oxygen atoms in total. The van der Waals surface area contributed by atoms with Crippen molar-refractivity contribution < 1.29 is 9.53 Å². The standard InChI is InChI=1S/C17H23N3O2S/c1-12-7-5-6-8-16(12)22-10-13(2)18-17(21)20(4)9-15-11-23-14(3)19-15/h5-8,11,13H,9-10H2,1-4H3,(H,18,21)/t13-/m0/s1. The number of aromatic nitrogens is 1. The van der Waals surface area contributed by atoms with Crippen LogP contribution in [-0.4, -0.2) is 35.6 Å². The second kappa shape index (κ2) is 7.97. The van der Waals surface area contributed by atoms with Gasteiger partial charge in [-0.1, -0.05) is 18.2 Å². The number of carbonyl (C=O) groups excluding carboxylic acids is 1. The maximum absolute atomic E-state index is 12.2. The van der Waals surface area contributed by atoms with Gasteiger partial charge in [0, 0.05) is 12.4 Å². The van der Waals surface area contributed by atoms with Crippen LogP contribution in [0, 0.1) is 13.8 Å². The van der Waals surface area contributed by atoms with Gasteiger partial charge in [0.15, 0.2) is 0 Å². The zero-order chi connectivity index (χ0) is 16.8. The number of urea groups is 1. The largest absolute Gasteiger partial charge is 0.491 e. The molecule has 0 saturated heterocycles. The number of ether oxygens (including phenoxy) is 1. The Hall–Kier alpha value is -2.08. The smallest absolute Gasteiger partial charge is 0.317 e. The van der Waals surface area contributed by atoms with Crippen molar-refractivity contribution in [2.75, 3.05) is 13.7 Å². The highest BCUT2D eigenvalue weighted by Gasteiger charge is 2.14. The van der Waals surface area contributed by atoms with Gasteiger partial charge < -0.3 is 15.0 Å². The van der Waals surface area contributed by atoms with E-state index in [2.05, 4.69) is 10.3 Å². The number of thiazole rings is 1. The zero-order valence-corrected chi connectivity index (χ0v) is 14.8. The fourth-order valence-corrected chi connectivity index (χ4v) is 2.70. The van der Waals surface area contributed by atoms with E-state index in [9.17, 15) is 4.79 Å². The molecule has 1 heterocycles. The van der Waals surface area contributed by atoms with Crippen molar-refractivity contribution in [1.29, 1.82) is 0 Å². The van der Waals surface area contributed by atoms with Gasteiger partial charge in [0.2, 0.25) is 0 Å². The molecule has 2 amide bonds. The fraction of sp³-hybridized carbons (Fsp3) is 0.412. The number of carbonyl (C=O) groups is 1. The predicted octanol–water partition coefficient (Wildman–Crippen LogP) is 3.37. The van der Waals surface area contributed by atoms with E-state index in [0.29, 0.717) is 13.2 Å². The number of hydrogen-bond acceptors (Lipinski definition) is 4. The SMILES string of the molecule is Cc1nc(CN(C)C(=O)N[C@@H](C)COc2ccccc2C)cs1. The van der Waals surface area contributed by atoms with Crippen LogP contribution in [0.15, 0.2) is 29.6 Å². The van der Waals surface area contributed by atoms with Crippen molar-refractivity contribution in [2.24, 2.45) is 0 Å². The summed E-state index contributed by atoms with van der Waals surface area (Å²) in [6, 6.07) is 7.64. The Morgan fingerprint density at radius 2 is 2.13 bits per heavy atom. The highest BCUT2D eigenvalue weighted by atomic mass is 32.1. The second-order valence-electron chi connectivity index (χ2n) is 5.64. The first-order valence-corrected chi connectivity index (χ1v) is 8.44. The van der Waals surface area contributed by atoms with E-state index in [1.807, 2.05) is 50.4 Å². The van der Waals surface area contributed by atoms with Crippen molar-refractivity contribution in [1.82, 2.24) is 15.2 Å². The molecule has 124 valence electrons. The predicted molar refractivity (Wildman–Crippen MR) is 93.0 cm³/mol. The molecule has 1 aromatic carbocycles. The van der Waals surface area contributed by atoms with E-state index in [1.165, 1.54) is 0 Å². The number of nitrogens with one attached hydrogen (secondary N) is 1. The Morgan fingerprint density at radius 3 is 2.78 bits per heavy atom. The maximum Gasteiger partial charge on any atom is 0.317 e. The summed E-state index contributed by atoms with van der Waals surface area (Å²) in [5, 5.41) is 5.92. The van der Waals surface area contributed by atoms with E-state index in [-0.39, 0.29) is 12.1 Å². The first-order chi connectivity index (χ1) is 11.0. The summed E-state index contributed by atoms with van der Waals surface area (Å²) in [6.07, 6.45) is 0. The van der Waals surface area contributed by atoms with Crippen LogP contribution in [0.3, 0.4) is 0 Å². The van der Waals surface area contributed by atoms with Crippen LogP contribution in [0.25, 0.3) is 0 Å². The molecule has 23 heavy (non-hydrogen) atoms. The minimum Gasteiger partial charge on any atom is -0.491 e. The Balaban J connectivity index is 1.78. The third-order valence-corrected chi connectivity index (χ3v) is 4.19. The first kappa shape index (κ1) is 17.3. The van der Waals surface area contributed by atoms with Crippen molar-refractivity contribution >= 4 is 17.4 Å². The van der Waals surface area contributed by atoms with Gasteiger partial charge >= 0.3 is 6.03 Å². The third-order valence-electron chi connectivity index (χ3n) is 3.36. The van der Waals surface area contributed by atoms with Crippen molar-refractivity contribution in [3.63, 3.8) is 0 Å². The maximum atomic E-state index is 12.2. The van der Waals surface area contributed by atoms with Gasteiger partial charge in [-0.25, -0.2) is 9.78 Å². The third kappa shape index (κ3) is 5.25. The average molecular weight is 333 g/mol. The summed E-state index contributed by atoms with van der Waals surface area (Å²) < 4.78 is 5.76. The lowest BCUT2D eigenvalue weighted by Gasteiger charge is -2.21. The number of nitrogens with zero attached hydrogens (tertiary/aromatic N) is 2.